The van der Waals surface area contributed by atoms with Crippen LogP contribution in [-0.2, 0) is 6.54 Å². The van der Waals surface area contributed by atoms with Gasteiger partial charge in [0, 0.05) is 10.6 Å². The Morgan fingerprint density at radius 3 is 2.61 bits per heavy atom. The van der Waals surface area contributed by atoms with Gasteiger partial charge in [-0.1, -0.05) is 37.0 Å². The van der Waals surface area contributed by atoms with E-state index in [-0.39, 0.29) is 0 Å². The zero-order valence-electron chi connectivity index (χ0n) is 13.7. The van der Waals surface area contributed by atoms with Crippen LogP contribution in [0, 0.1) is 0 Å². The summed E-state index contributed by atoms with van der Waals surface area (Å²) in [4.78, 5) is 2.42. The molecule has 3 nitrogen and oxygen atoms in total. The van der Waals surface area contributed by atoms with Crippen LogP contribution in [0.3, 0.4) is 0 Å². The summed E-state index contributed by atoms with van der Waals surface area (Å²) in [6.07, 6.45) is 1.13. The molecule has 0 unspecified atom stereocenters. The van der Waals surface area contributed by atoms with Gasteiger partial charge in [-0.3, -0.25) is 0 Å². The van der Waals surface area contributed by atoms with E-state index in [4.69, 9.17) is 27.6 Å². The Bertz CT molecular complexity index is 609. The quantitative estimate of drug-likeness (QED) is 0.636. The molecule has 0 radical (unpaired) electrons. The first-order valence-corrected chi connectivity index (χ1v) is 8.86. The van der Waals surface area contributed by atoms with Gasteiger partial charge in [0.05, 0.1) is 11.6 Å². The van der Waals surface area contributed by atoms with Crippen LogP contribution in [-0.4, -0.2) is 31.1 Å². The molecular weight excluding hydrogens is 331 g/mol. The molecule has 1 aromatic heterocycles. The average molecular weight is 355 g/mol. The van der Waals surface area contributed by atoms with E-state index in [1.165, 1.54) is 0 Å². The summed E-state index contributed by atoms with van der Waals surface area (Å²) in [7, 11) is 0. The first-order valence-electron chi connectivity index (χ1n) is 8.11. The molecule has 2 rings (SSSR count). The second kappa shape index (κ2) is 9.33. The third-order valence-corrected chi connectivity index (χ3v) is 4.44. The maximum Gasteiger partial charge on any atom is 0.135 e. The molecular formula is C18H24Cl2N2O. The molecule has 0 saturated carbocycles. The lowest BCUT2D eigenvalue weighted by Gasteiger charge is -2.17. The third kappa shape index (κ3) is 5.54. The van der Waals surface area contributed by atoms with Crippen LogP contribution in [0.25, 0.3) is 11.3 Å². The maximum atomic E-state index is 6.20. The molecule has 0 aliphatic carbocycles. The molecule has 0 aliphatic heterocycles. The van der Waals surface area contributed by atoms with Gasteiger partial charge >= 0.3 is 0 Å². The number of nitrogens with zero attached hydrogens (tertiary/aromatic N) is 1. The second-order valence-corrected chi connectivity index (χ2v) is 6.29. The minimum Gasteiger partial charge on any atom is -0.460 e. The van der Waals surface area contributed by atoms with Gasteiger partial charge in [0.25, 0.3) is 0 Å². The van der Waals surface area contributed by atoms with E-state index in [0.717, 1.165) is 56.2 Å². The van der Waals surface area contributed by atoms with E-state index in [2.05, 4.69) is 24.1 Å². The van der Waals surface area contributed by atoms with Gasteiger partial charge in [0.2, 0.25) is 0 Å². The van der Waals surface area contributed by atoms with E-state index in [9.17, 15) is 0 Å². The highest BCUT2D eigenvalue weighted by molar-refractivity contribution is 6.35. The normalized spacial score (nSPS) is 11.3. The Hall–Kier alpha value is -1.00. The van der Waals surface area contributed by atoms with Crippen molar-refractivity contribution in [2.45, 2.75) is 26.8 Å². The minimum absolute atomic E-state index is 0.641. The highest BCUT2D eigenvalue weighted by Gasteiger charge is 2.09. The summed E-state index contributed by atoms with van der Waals surface area (Å²) in [5.74, 6) is 1.65. The van der Waals surface area contributed by atoms with Crippen molar-refractivity contribution < 1.29 is 4.42 Å². The van der Waals surface area contributed by atoms with Gasteiger partial charge in [-0.2, -0.15) is 0 Å². The molecule has 126 valence electrons. The predicted molar refractivity (Wildman–Crippen MR) is 98.3 cm³/mol. The Morgan fingerprint density at radius 1 is 1.09 bits per heavy atom. The number of furan rings is 1. The van der Waals surface area contributed by atoms with Gasteiger partial charge in [-0.25, -0.2) is 0 Å². The van der Waals surface area contributed by atoms with Crippen molar-refractivity contribution >= 4 is 23.2 Å². The Kier molecular flexibility index (Phi) is 7.44. The smallest absolute Gasteiger partial charge is 0.135 e. The van der Waals surface area contributed by atoms with Gasteiger partial charge < -0.3 is 14.6 Å². The molecule has 1 N–H and O–H groups in total. The average Bonchev–Trinajstić information content (AvgIpc) is 3.02. The number of rotatable bonds is 9. The Balaban J connectivity index is 1.82. The summed E-state index contributed by atoms with van der Waals surface area (Å²) >= 11 is 12.2. The fourth-order valence-corrected chi connectivity index (χ4v) is 2.87. The highest BCUT2D eigenvalue weighted by Crippen LogP contribution is 2.31. The van der Waals surface area contributed by atoms with Crippen LogP contribution in [0.4, 0.5) is 0 Å². The van der Waals surface area contributed by atoms with E-state index in [0.29, 0.717) is 10.0 Å². The maximum absolute atomic E-state index is 6.20. The molecule has 0 amide bonds. The summed E-state index contributed by atoms with van der Waals surface area (Å²) in [6, 6.07) is 9.29. The molecule has 23 heavy (non-hydrogen) atoms. The largest absolute Gasteiger partial charge is 0.460 e. The number of nitrogens with one attached hydrogen (secondary N) is 1. The van der Waals surface area contributed by atoms with Crippen LogP contribution < -0.4 is 5.32 Å². The van der Waals surface area contributed by atoms with E-state index in [1.54, 1.807) is 12.1 Å². The van der Waals surface area contributed by atoms with Crippen LogP contribution in [0.2, 0.25) is 10.0 Å². The number of halogens is 2. The monoisotopic (exact) mass is 354 g/mol. The molecule has 0 spiro atoms. The van der Waals surface area contributed by atoms with E-state index >= 15 is 0 Å². The summed E-state index contributed by atoms with van der Waals surface area (Å²) in [5, 5.41) is 4.71. The topological polar surface area (TPSA) is 28.4 Å². The van der Waals surface area contributed by atoms with Crippen molar-refractivity contribution in [3.63, 3.8) is 0 Å². The lowest BCUT2D eigenvalue weighted by Crippen LogP contribution is -2.27. The van der Waals surface area contributed by atoms with Crippen LogP contribution in [0.5, 0.6) is 0 Å². The van der Waals surface area contributed by atoms with Crippen molar-refractivity contribution in [3.8, 4) is 11.3 Å². The first kappa shape index (κ1) is 18.3. The van der Waals surface area contributed by atoms with Crippen molar-refractivity contribution in [1.82, 2.24) is 10.2 Å². The van der Waals surface area contributed by atoms with Gasteiger partial charge in [0.1, 0.15) is 11.5 Å². The molecule has 0 fully saturated rings. The number of benzene rings is 1. The van der Waals surface area contributed by atoms with E-state index < -0.39 is 0 Å². The van der Waals surface area contributed by atoms with Gasteiger partial charge in [-0.15, -0.1) is 0 Å². The van der Waals surface area contributed by atoms with Crippen molar-refractivity contribution in [2.75, 3.05) is 26.2 Å². The number of hydrogen-bond acceptors (Lipinski definition) is 3. The fourth-order valence-electron chi connectivity index (χ4n) is 2.48. The summed E-state index contributed by atoms with van der Waals surface area (Å²) in [6.45, 7) is 9.43. The van der Waals surface area contributed by atoms with E-state index in [1.807, 2.05) is 18.2 Å². The van der Waals surface area contributed by atoms with Gasteiger partial charge in [-0.05, 0) is 62.9 Å². The second-order valence-electron chi connectivity index (χ2n) is 5.45. The fraction of sp³-hybridized carbons (Fsp3) is 0.444. The van der Waals surface area contributed by atoms with Crippen molar-refractivity contribution in [3.05, 3.63) is 46.1 Å². The SMILES string of the molecule is CCN(CC)CCCNCc1ccc(-c2cc(Cl)ccc2Cl)o1. The molecule has 0 bridgehead atoms. The van der Waals surface area contributed by atoms with Crippen LogP contribution in [0.15, 0.2) is 34.7 Å². The summed E-state index contributed by atoms with van der Waals surface area (Å²) < 4.78 is 5.86. The standard InChI is InChI=1S/C18H24Cl2N2O/c1-3-22(4-2)11-5-10-21-13-15-7-9-18(23-15)16-12-14(19)6-8-17(16)20/h6-9,12,21H,3-5,10-11,13H2,1-2H3. The summed E-state index contributed by atoms with van der Waals surface area (Å²) in [5.41, 5.74) is 0.826. The molecule has 2 aromatic rings. The van der Waals surface area contributed by atoms with Crippen molar-refractivity contribution in [1.29, 1.82) is 0 Å². The van der Waals surface area contributed by atoms with Crippen LogP contribution in [0.1, 0.15) is 26.0 Å². The molecule has 5 heteroatoms. The number of hydrogen-bond donors (Lipinski definition) is 1. The molecule has 0 atom stereocenters. The van der Waals surface area contributed by atoms with Crippen molar-refractivity contribution in [2.24, 2.45) is 0 Å². The minimum atomic E-state index is 0.641. The molecule has 0 aliphatic rings. The lowest BCUT2D eigenvalue weighted by atomic mass is 10.2. The highest BCUT2D eigenvalue weighted by atomic mass is 35.5. The zero-order chi connectivity index (χ0) is 16.7. The zero-order valence-corrected chi connectivity index (χ0v) is 15.3. The third-order valence-electron chi connectivity index (χ3n) is 3.88. The molecule has 1 aromatic carbocycles. The Morgan fingerprint density at radius 2 is 1.87 bits per heavy atom. The predicted octanol–water partition coefficient (Wildman–Crippen LogP) is 5.07. The molecule has 1 heterocycles. The lowest BCUT2D eigenvalue weighted by molar-refractivity contribution is 0.297. The van der Waals surface area contributed by atoms with Crippen LogP contribution >= 0.6 is 23.2 Å². The van der Waals surface area contributed by atoms with Gasteiger partial charge in [0.15, 0.2) is 0 Å². The molecule has 0 saturated heterocycles. The Labute approximate surface area is 148 Å². The first-order chi connectivity index (χ1) is 11.1.